The highest BCUT2D eigenvalue weighted by atomic mass is 19.1. The molecule has 6 nitrogen and oxygen atoms in total. The topological polar surface area (TPSA) is 60.2 Å². The van der Waals surface area contributed by atoms with Gasteiger partial charge < -0.3 is 9.64 Å². The lowest BCUT2D eigenvalue weighted by Crippen LogP contribution is -2.40. The Morgan fingerprint density at radius 1 is 1.09 bits per heavy atom. The van der Waals surface area contributed by atoms with Crippen LogP contribution in [0.25, 0.3) is 22.2 Å². The number of piperidine rings is 1. The molecule has 2 aromatic heterocycles. The van der Waals surface area contributed by atoms with Gasteiger partial charge >= 0.3 is 0 Å². The fourth-order valence-electron chi connectivity index (χ4n) is 4.31. The number of carbonyl (C=O) groups is 1. The molecule has 166 valence electrons. The van der Waals surface area contributed by atoms with Crippen LogP contribution in [0.3, 0.4) is 0 Å². The van der Waals surface area contributed by atoms with E-state index in [4.69, 9.17) is 9.84 Å². The summed E-state index contributed by atoms with van der Waals surface area (Å²) in [6.45, 7) is 4.71. The van der Waals surface area contributed by atoms with Crippen LogP contribution < -0.4 is 4.74 Å². The molecule has 0 radical (unpaired) electrons. The van der Waals surface area contributed by atoms with E-state index in [0.717, 1.165) is 24.2 Å². The van der Waals surface area contributed by atoms with Crippen molar-refractivity contribution in [1.82, 2.24) is 19.7 Å². The fourth-order valence-corrected chi connectivity index (χ4v) is 4.31. The second kappa shape index (κ2) is 8.86. The van der Waals surface area contributed by atoms with Gasteiger partial charge in [0.15, 0.2) is 5.82 Å². The first-order chi connectivity index (χ1) is 16.1. The Bertz CT molecular complexity index is 1300. The van der Waals surface area contributed by atoms with Crippen LogP contribution in [0.5, 0.6) is 11.5 Å². The summed E-state index contributed by atoms with van der Waals surface area (Å²) in [5.74, 6) is 0.904. The van der Waals surface area contributed by atoms with Gasteiger partial charge in [0, 0.05) is 30.2 Å². The van der Waals surface area contributed by atoms with Gasteiger partial charge in [0.25, 0.3) is 0 Å². The monoisotopic (exact) mass is 442 g/mol. The highest BCUT2D eigenvalue weighted by molar-refractivity contribution is 5.93. The van der Waals surface area contributed by atoms with E-state index in [2.05, 4.69) is 11.6 Å². The van der Waals surface area contributed by atoms with E-state index in [9.17, 15) is 9.18 Å². The fraction of sp³-hybridized carbons (Fsp3) is 0.192. The van der Waals surface area contributed by atoms with Crippen molar-refractivity contribution in [2.24, 2.45) is 0 Å². The van der Waals surface area contributed by atoms with Gasteiger partial charge in [0.1, 0.15) is 22.7 Å². The highest BCUT2D eigenvalue weighted by Crippen LogP contribution is 2.34. The number of halogens is 1. The van der Waals surface area contributed by atoms with E-state index in [-0.39, 0.29) is 11.9 Å². The van der Waals surface area contributed by atoms with Crippen molar-refractivity contribution in [3.8, 4) is 22.8 Å². The lowest BCUT2D eigenvalue weighted by molar-refractivity contribution is -0.127. The molecule has 1 aliphatic rings. The number of pyridine rings is 1. The number of rotatable bonds is 5. The van der Waals surface area contributed by atoms with Gasteiger partial charge in [-0.15, -0.1) is 0 Å². The van der Waals surface area contributed by atoms with Crippen LogP contribution in [-0.4, -0.2) is 38.7 Å². The third-order valence-electron chi connectivity index (χ3n) is 5.90. The highest BCUT2D eigenvalue weighted by Gasteiger charge is 2.27. The van der Waals surface area contributed by atoms with Crippen molar-refractivity contribution in [3.05, 3.63) is 85.5 Å². The summed E-state index contributed by atoms with van der Waals surface area (Å²) in [5, 5.41) is 5.45. The van der Waals surface area contributed by atoms with E-state index in [1.54, 1.807) is 15.8 Å². The molecule has 0 aliphatic carbocycles. The van der Waals surface area contributed by atoms with Gasteiger partial charge in [-0.1, -0.05) is 24.8 Å². The van der Waals surface area contributed by atoms with Gasteiger partial charge in [0.2, 0.25) is 5.91 Å². The standard InChI is InChI=1S/C26H23FN4O2/c1-2-24(32)30-14-6-7-19(17-30)31-26-22(15-28-16-23(26)27)25(29-31)18-10-12-21(13-11-18)33-20-8-4-3-5-9-20/h2-5,8-13,15-16,19H,1,6-7,14,17H2/t19-/m0/s1. The molecular weight excluding hydrogens is 419 g/mol. The molecule has 0 spiro atoms. The zero-order valence-electron chi connectivity index (χ0n) is 18.0. The maximum absolute atomic E-state index is 14.9. The molecule has 5 rings (SSSR count). The number of amides is 1. The third kappa shape index (κ3) is 4.09. The molecule has 1 saturated heterocycles. The molecule has 0 saturated carbocycles. The molecule has 1 fully saturated rings. The van der Waals surface area contributed by atoms with Gasteiger partial charge in [0.05, 0.1) is 12.2 Å². The number of likely N-dealkylation sites (tertiary alicyclic amines) is 1. The molecule has 3 heterocycles. The average molecular weight is 442 g/mol. The zero-order valence-corrected chi connectivity index (χ0v) is 18.0. The maximum Gasteiger partial charge on any atom is 0.246 e. The van der Waals surface area contributed by atoms with Crippen molar-refractivity contribution < 1.29 is 13.9 Å². The Kier molecular flexibility index (Phi) is 5.60. The van der Waals surface area contributed by atoms with Gasteiger partial charge in [-0.25, -0.2) is 4.39 Å². The van der Waals surface area contributed by atoms with Crippen molar-refractivity contribution in [1.29, 1.82) is 0 Å². The normalized spacial score (nSPS) is 16.0. The van der Waals surface area contributed by atoms with E-state index >= 15 is 0 Å². The number of fused-ring (bicyclic) bond motifs is 1. The van der Waals surface area contributed by atoms with Gasteiger partial charge in [-0.3, -0.25) is 14.5 Å². The molecule has 2 aromatic carbocycles. The summed E-state index contributed by atoms with van der Waals surface area (Å²) in [5.41, 5.74) is 1.89. The molecule has 33 heavy (non-hydrogen) atoms. The average Bonchev–Trinajstić information content (AvgIpc) is 3.26. The lowest BCUT2D eigenvalue weighted by Gasteiger charge is -2.32. The molecule has 4 aromatic rings. The van der Waals surface area contributed by atoms with Crippen molar-refractivity contribution in [2.75, 3.05) is 13.1 Å². The number of para-hydroxylation sites is 1. The van der Waals surface area contributed by atoms with Crippen LogP contribution in [0.15, 0.2) is 79.6 Å². The second-order valence-electron chi connectivity index (χ2n) is 8.03. The Morgan fingerprint density at radius 3 is 2.61 bits per heavy atom. The van der Waals surface area contributed by atoms with Crippen LogP contribution in [0, 0.1) is 5.82 Å². The van der Waals surface area contributed by atoms with E-state index in [1.807, 2.05) is 54.6 Å². The predicted molar refractivity (Wildman–Crippen MR) is 124 cm³/mol. The van der Waals surface area contributed by atoms with E-state index < -0.39 is 5.82 Å². The zero-order chi connectivity index (χ0) is 22.8. The first-order valence-electron chi connectivity index (χ1n) is 10.9. The van der Waals surface area contributed by atoms with E-state index in [1.165, 1.54) is 12.3 Å². The summed E-state index contributed by atoms with van der Waals surface area (Å²) < 4.78 is 22.5. The molecule has 0 bridgehead atoms. The molecule has 7 heteroatoms. The number of ether oxygens (including phenoxy) is 1. The second-order valence-corrected chi connectivity index (χ2v) is 8.03. The van der Waals surface area contributed by atoms with Crippen LogP contribution >= 0.6 is 0 Å². The molecule has 0 N–H and O–H groups in total. The Hall–Kier alpha value is -4.00. The molecule has 1 aliphatic heterocycles. The Morgan fingerprint density at radius 2 is 1.85 bits per heavy atom. The van der Waals surface area contributed by atoms with Gasteiger partial charge in [-0.2, -0.15) is 5.10 Å². The number of benzene rings is 2. The molecule has 0 unspecified atom stereocenters. The van der Waals surface area contributed by atoms with Crippen molar-refractivity contribution in [3.63, 3.8) is 0 Å². The number of hydrogen-bond donors (Lipinski definition) is 0. The van der Waals surface area contributed by atoms with Crippen LogP contribution in [0.1, 0.15) is 18.9 Å². The third-order valence-corrected chi connectivity index (χ3v) is 5.90. The minimum Gasteiger partial charge on any atom is -0.457 e. The Balaban J connectivity index is 1.50. The summed E-state index contributed by atoms with van der Waals surface area (Å²) in [6, 6.07) is 17.0. The maximum atomic E-state index is 14.9. The minimum absolute atomic E-state index is 0.118. The Labute approximate surface area is 190 Å². The number of carbonyl (C=O) groups excluding carboxylic acids is 1. The van der Waals surface area contributed by atoms with Crippen LogP contribution in [0.2, 0.25) is 0 Å². The van der Waals surface area contributed by atoms with Crippen molar-refractivity contribution in [2.45, 2.75) is 18.9 Å². The first kappa shape index (κ1) is 20.9. The number of nitrogens with zero attached hydrogens (tertiary/aromatic N) is 4. The molecule has 1 atom stereocenters. The number of aromatic nitrogens is 3. The number of hydrogen-bond acceptors (Lipinski definition) is 4. The van der Waals surface area contributed by atoms with E-state index in [0.29, 0.717) is 35.4 Å². The van der Waals surface area contributed by atoms with Crippen molar-refractivity contribution >= 4 is 16.8 Å². The quantitative estimate of drug-likeness (QED) is 0.390. The summed E-state index contributed by atoms with van der Waals surface area (Å²) in [6.07, 6.45) is 5.79. The summed E-state index contributed by atoms with van der Waals surface area (Å²) in [7, 11) is 0. The first-order valence-corrected chi connectivity index (χ1v) is 10.9. The summed E-state index contributed by atoms with van der Waals surface area (Å²) >= 11 is 0. The van der Waals surface area contributed by atoms with Gasteiger partial charge in [-0.05, 0) is 55.3 Å². The van der Waals surface area contributed by atoms with Crippen LogP contribution in [-0.2, 0) is 4.79 Å². The summed E-state index contributed by atoms with van der Waals surface area (Å²) in [4.78, 5) is 17.9. The van der Waals surface area contributed by atoms with Crippen LogP contribution in [0.4, 0.5) is 4.39 Å². The molecule has 1 amide bonds. The predicted octanol–water partition coefficient (Wildman–Crippen LogP) is 5.38. The molecular formula is C26H23FN4O2. The minimum atomic E-state index is -0.428. The SMILES string of the molecule is C=CC(=O)N1CCC[C@H](n2nc(-c3ccc(Oc4ccccc4)cc3)c3cncc(F)c32)C1. The lowest BCUT2D eigenvalue weighted by atomic mass is 10.1. The largest absolute Gasteiger partial charge is 0.457 e. The smallest absolute Gasteiger partial charge is 0.246 e.